The summed E-state index contributed by atoms with van der Waals surface area (Å²) in [6.07, 6.45) is 0. The Bertz CT molecular complexity index is 624. The predicted octanol–water partition coefficient (Wildman–Crippen LogP) is 4.08. The van der Waals surface area contributed by atoms with Crippen LogP contribution < -0.4 is 5.32 Å². The molecule has 0 spiro atoms. The number of carbonyl (C=O) groups is 1. The van der Waals surface area contributed by atoms with Crippen molar-refractivity contribution in [3.8, 4) is 0 Å². The summed E-state index contributed by atoms with van der Waals surface area (Å²) in [7, 11) is 0. The highest BCUT2D eigenvalue weighted by Gasteiger charge is 2.06. The van der Waals surface area contributed by atoms with Crippen LogP contribution in [-0.2, 0) is 0 Å². The minimum atomic E-state index is -0.151. The molecule has 0 aromatic heterocycles. The smallest absolute Gasteiger partial charge is 0.251 e. The van der Waals surface area contributed by atoms with Gasteiger partial charge in [0.05, 0.1) is 6.54 Å². The quantitative estimate of drug-likeness (QED) is 0.905. The first-order valence-electron chi connectivity index (χ1n) is 5.37. The Morgan fingerprint density at radius 3 is 2.61 bits per heavy atom. The van der Waals surface area contributed by atoms with Gasteiger partial charge < -0.3 is 5.32 Å². The third kappa shape index (κ3) is 3.12. The van der Waals surface area contributed by atoms with Gasteiger partial charge in [-0.05, 0) is 35.0 Å². The lowest BCUT2D eigenvalue weighted by atomic mass is 10.1. The van der Waals surface area contributed by atoms with Gasteiger partial charge in [0.1, 0.15) is 0 Å². The van der Waals surface area contributed by atoms with Crippen molar-refractivity contribution in [1.29, 1.82) is 0 Å². The van der Waals surface area contributed by atoms with Crippen LogP contribution in [0, 0.1) is 0 Å². The van der Waals surface area contributed by atoms with Crippen LogP contribution in [0.1, 0.15) is 10.4 Å². The van der Waals surface area contributed by atoms with Gasteiger partial charge >= 0.3 is 0 Å². The highest BCUT2D eigenvalue weighted by Crippen LogP contribution is 2.20. The first-order valence-corrected chi connectivity index (χ1v) is 6.54. The molecule has 18 heavy (non-hydrogen) atoms. The molecular formula is C14H11BrClNO. The molecule has 92 valence electrons. The van der Waals surface area contributed by atoms with Gasteiger partial charge in [-0.25, -0.2) is 0 Å². The van der Waals surface area contributed by atoms with E-state index < -0.39 is 0 Å². The van der Waals surface area contributed by atoms with Crippen LogP contribution in [0.3, 0.4) is 0 Å². The van der Waals surface area contributed by atoms with E-state index in [0.717, 1.165) is 15.2 Å². The molecule has 4 heteroatoms. The summed E-state index contributed by atoms with van der Waals surface area (Å²) in [5.74, 6) is -0.151. The molecule has 0 fully saturated rings. The normalized spacial score (nSPS) is 10.3. The second-order valence-corrected chi connectivity index (χ2v) is 5.36. The van der Waals surface area contributed by atoms with Gasteiger partial charge in [-0.1, -0.05) is 46.2 Å². The standard InChI is InChI=1S/C14H11BrClNO/c1-9(16)8-17-14(18)12-3-2-11-7-13(15)5-4-10(11)6-12/h2-7H,1,8H2,(H,17,18). The fraction of sp³-hybridized carbons (Fsp3) is 0.0714. The van der Waals surface area contributed by atoms with E-state index in [-0.39, 0.29) is 12.5 Å². The molecule has 0 aliphatic heterocycles. The van der Waals surface area contributed by atoms with E-state index in [0.29, 0.717) is 10.6 Å². The first-order chi connectivity index (χ1) is 8.56. The monoisotopic (exact) mass is 323 g/mol. The van der Waals surface area contributed by atoms with Crippen LogP contribution in [0.5, 0.6) is 0 Å². The zero-order chi connectivity index (χ0) is 13.1. The van der Waals surface area contributed by atoms with E-state index >= 15 is 0 Å². The van der Waals surface area contributed by atoms with Crippen LogP contribution in [0.4, 0.5) is 0 Å². The van der Waals surface area contributed by atoms with Gasteiger partial charge in [0, 0.05) is 15.1 Å². The fourth-order valence-corrected chi connectivity index (χ4v) is 2.08. The average Bonchev–Trinajstić information content (AvgIpc) is 2.35. The van der Waals surface area contributed by atoms with Crippen LogP contribution in [-0.4, -0.2) is 12.5 Å². The lowest BCUT2D eigenvalue weighted by molar-refractivity contribution is 0.0958. The predicted molar refractivity (Wildman–Crippen MR) is 79.0 cm³/mol. The minimum absolute atomic E-state index is 0.151. The van der Waals surface area contributed by atoms with Crippen LogP contribution >= 0.6 is 27.5 Å². The van der Waals surface area contributed by atoms with E-state index in [9.17, 15) is 4.79 Å². The van der Waals surface area contributed by atoms with Crippen LogP contribution in [0.25, 0.3) is 10.8 Å². The van der Waals surface area contributed by atoms with E-state index in [1.165, 1.54) is 0 Å². The largest absolute Gasteiger partial charge is 0.347 e. The molecule has 2 nitrogen and oxygen atoms in total. The number of hydrogen-bond donors (Lipinski definition) is 1. The number of fused-ring (bicyclic) bond motifs is 1. The number of carbonyl (C=O) groups excluding carboxylic acids is 1. The van der Waals surface area contributed by atoms with Crippen molar-refractivity contribution >= 4 is 44.2 Å². The topological polar surface area (TPSA) is 29.1 Å². The number of nitrogens with one attached hydrogen (secondary N) is 1. The maximum absolute atomic E-state index is 11.8. The summed E-state index contributed by atoms with van der Waals surface area (Å²) in [5, 5.41) is 5.21. The van der Waals surface area contributed by atoms with Crippen molar-refractivity contribution in [2.45, 2.75) is 0 Å². The summed E-state index contributed by atoms with van der Waals surface area (Å²) >= 11 is 9.02. The number of halogens is 2. The summed E-state index contributed by atoms with van der Waals surface area (Å²) < 4.78 is 1.02. The molecular weight excluding hydrogens is 314 g/mol. The summed E-state index contributed by atoms with van der Waals surface area (Å²) in [6, 6.07) is 11.5. The SMILES string of the molecule is C=C(Cl)CNC(=O)c1ccc2cc(Br)ccc2c1. The van der Waals surface area contributed by atoms with Gasteiger partial charge in [-0.3, -0.25) is 4.79 Å². The van der Waals surface area contributed by atoms with Gasteiger partial charge in [0.25, 0.3) is 5.91 Å². The second-order valence-electron chi connectivity index (χ2n) is 3.91. The number of amides is 1. The molecule has 2 rings (SSSR count). The lowest BCUT2D eigenvalue weighted by Crippen LogP contribution is -2.24. The Kier molecular flexibility index (Phi) is 4.04. The summed E-state index contributed by atoms with van der Waals surface area (Å²) in [4.78, 5) is 11.8. The Morgan fingerprint density at radius 1 is 1.22 bits per heavy atom. The van der Waals surface area contributed by atoms with E-state index in [1.807, 2.05) is 30.3 Å². The Balaban J connectivity index is 2.27. The molecule has 0 saturated heterocycles. The fourth-order valence-electron chi connectivity index (χ4n) is 1.64. The van der Waals surface area contributed by atoms with Crippen molar-refractivity contribution in [2.75, 3.05) is 6.54 Å². The van der Waals surface area contributed by atoms with Gasteiger partial charge in [-0.2, -0.15) is 0 Å². The molecule has 1 N–H and O–H groups in total. The number of benzene rings is 2. The molecule has 0 saturated carbocycles. The van der Waals surface area contributed by atoms with Crippen molar-refractivity contribution in [3.63, 3.8) is 0 Å². The first kappa shape index (κ1) is 13.1. The third-order valence-electron chi connectivity index (χ3n) is 2.51. The molecule has 0 aliphatic rings. The zero-order valence-electron chi connectivity index (χ0n) is 9.54. The Morgan fingerprint density at radius 2 is 1.89 bits per heavy atom. The summed E-state index contributed by atoms with van der Waals surface area (Å²) in [6.45, 7) is 3.80. The average molecular weight is 325 g/mol. The lowest BCUT2D eigenvalue weighted by Gasteiger charge is -2.05. The minimum Gasteiger partial charge on any atom is -0.347 e. The molecule has 0 radical (unpaired) electrons. The Hall–Kier alpha value is -1.32. The van der Waals surface area contributed by atoms with Crippen molar-refractivity contribution in [1.82, 2.24) is 5.32 Å². The second kappa shape index (κ2) is 5.55. The molecule has 0 unspecified atom stereocenters. The zero-order valence-corrected chi connectivity index (χ0v) is 11.9. The summed E-state index contributed by atoms with van der Waals surface area (Å²) in [5.41, 5.74) is 0.614. The molecule has 2 aromatic carbocycles. The van der Waals surface area contributed by atoms with Gasteiger partial charge in [0.15, 0.2) is 0 Å². The van der Waals surface area contributed by atoms with Gasteiger partial charge in [-0.15, -0.1) is 0 Å². The third-order valence-corrected chi connectivity index (χ3v) is 3.13. The van der Waals surface area contributed by atoms with Crippen molar-refractivity contribution in [2.24, 2.45) is 0 Å². The van der Waals surface area contributed by atoms with E-state index in [2.05, 4.69) is 27.8 Å². The van der Waals surface area contributed by atoms with E-state index in [1.54, 1.807) is 6.07 Å². The molecule has 1 amide bonds. The maximum atomic E-state index is 11.8. The molecule has 2 aromatic rings. The van der Waals surface area contributed by atoms with Crippen molar-refractivity contribution in [3.05, 3.63) is 58.0 Å². The van der Waals surface area contributed by atoms with Crippen molar-refractivity contribution < 1.29 is 4.79 Å². The molecule has 0 aliphatic carbocycles. The maximum Gasteiger partial charge on any atom is 0.251 e. The van der Waals surface area contributed by atoms with E-state index in [4.69, 9.17) is 11.6 Å². The highest BCUT2D eigenvalue weighted by molar-refractivity contribution is 9.10. The number of rotatable bonds is 3. The Labute approximate surface area is 119 Å². The van der Waals surface area contributed by atoms with Gasteiger partial charge in [0.2, 0.25) is 0 Å². The van der Waals surface area contributed by atoms with Crippen LogP contribution in [0.15, 0.2) is 52.5 Å². The molecule has 0 heterocycles. The molecule has 0 bridgehead atoms. The number of hydrogen-bond acceptors (Lipinski definition) is 1. The van der Waals surface area contributed by atoms with Crippen LogP contribution in [0.2, 0.25) is 0 Å². The highest BCUT2D eigenvalue weighted by atomic mass is 79.9. The molecule has 0 atom stereocenters.